The van der Waals surface area contributed by atoms with Gasteiger partial charge in [-0.1, -0.05) is 0 Å². The number of aryl methyl sites for hydroxylation is 1. The van der Waals surface area contributed by atoms with Crippen molar-refractivity contribution >= 4 is 17.4 Å². The Bertz CT molecular complexity index is 418. The highest BCUT2D eigenvalue weighted by molar-refractivity contribution is 5.84. The second-order valence-corrected chi connectivity index (χ2v) is 4.15. The second-order valence-electron chi connectivity index (χ2n) is 4.15. The van der Waals surface area contributed by atoms with Crippen LogP contribution in [0.4, 0.5) is 11.5 Å². The predicted octanol–water partition coefficient (Wildman–Crippen LogP) is 0.426. The van der Waals surface area contributed by atoms with Gasteiger partial charge in [0.25, 0.3) is 0 Å². The molecule has 1 fully saturated rings. The molecule has 0 aromatic carbocycles. The van der Waals surface area contributed by atoms with Crippen molar-refractivity contribution < 1.29 is 4.79 Å². The molecule has 0 spiro atoms. The van der Waals surface area contributed by atoms with Gasteiger partial charge in [0, 0.05) is 24.5 Å². The summed E-state index contributed by atoms with van der Waals surface area (Å²) in [5.41, 5.74) is 12.8. The highest BCUT2D eigenvalue weighted by Crippen LogP contribution is 2.25. The molecule has 4 N–H and O–H groups in total. The number of hydrogen-bond donors (Lipinski definition) is 2. The van der Waals surface area contributed by atoms with Gasteiger partial charge in [-0.25, -0.2) is 4.98 Å². The highest BCUT2D eigenvalue weighted by Gasteiger charge is 2.29. The molecule has 16 heavy (non-hydrogen) atoms. The van der Waals surface area contributed by atoms with E-state index in [4.69, 9.17) is 11.5 Å². The minimum atomic E-state index is -0.293. The second kappa shape index (κ2) is 4.00. The summed E-state index contributed by atoms with van der Waals surface area (Å²) in [7, 11) is 0. The van der Waals surface area contributed by atoms with E-state index in [1.165, 1.54) is 0 Å². The standard InChI is InChI=1S/C11H16N4O/c1-7-6-14-10(5-8(7)12)15-4-2-3-9(15)11(13)16/h5-6,9H,2-4H2,1H3,(H2,12,14)(H2,13,16). The van der Waals surface area contributed by atoms with Crippen molar-refractivity contribution in [2.75, 3.05) is 17.2 Å². The number of rotatable bonds is 2. The minimum Gasteiger partial charge on any atom is -0.398 e. The Morgan fingerprint density at radius 2 is 2.38 bits per heavy atom. The third-order valence-electron chi connectivity index (χ3n) is 3.01. The van der Waals surface area contributed by atoms with E-state index in [9.17, 15) is 4.79 Å². The van der Waals surface area contributed by atoms with Gasteiger partial charge in [-0.05, 0) is 25.3 Å². The fourth-order valence-corrected chi connectivity index (χ4v) is 2.02. The summed E-state index contributed by atoms with van der Waals surface area (Å²) in [5.74, 6) is 0.447. The molecule has 1 aromatic rings. The van der Waals surface area contributed by atoms with Crippen LogP contribution in [0.25, 0.3) is 0 Å². The zero-order chi connectivity index (χ0) is 11.7. The lowest BCUT2D eigenvalue weighted by Crippen LogP contribution is -2.40. The van der Waals surface area contributed by atoms with Gasteiger partial charge in [0.2, 0.25) is 5.91 Å². The zero-order valence-electron chi connectivity index (χ0n) is 9.31. The Labute approximate surface area is 94.4 Å². The first kappa shape index (κ1) is 10.7. The lowest BCUT2D eigenvalue weighted by atomic mass is 10.2. The maximum atomic E-state index is 11.3. The van der Waals surface area contributed by atoms with Crippen LogP contribution in [0.1, 0.15) is 18.4 Å². The van der Waals surface area contributed by atoms with Gasteiger partial charge >= 0.3 is 0 Å². The molecule has 1 saturated heterocycles. The summed E-state index contributed by atoms with van der Waals surface area (Å²) >= 11 is 0. The van der Waals surface area contributed by atoms with Gasteiger partial charge in [0.1, 0.15) is 11.9 Å². The van der Waals surface area contributed by atoms with Gasteiger partial charge in [0.15, 0.2) is 0 Å². The number of nitrogens with zero attached hydrogens (tertiary/aromatic N) is 2. The zero-order valence-corrected chi connectivity index (χ0v) is 9.31. The van der Waals surface area contributed by atoms with Crippen molar-refractivity contribution in [2.24, 2.45) is 5.73 Å². The van der Waals surface area contributed by atoms with Crippen molar-refractivity contribution in [3.05, 3.63) is 17.8 Å². The van der Waals surface area contributed by atoms with E-state index >= 15 is 0 Å². The summed E-state index contributed by atoms with van der Waals surface area (Å²) in [4.78, 5) is 17.5. The molecular weight excluding hydrogens is 204 g/mol. The average Bonchev–Trinajstić information content (AvgIpc) is 2.71. The number of primary amides is 1. The monoisotopic (exact) mass is 220 g/mol. The Morgan fingerprint density at radius 3 is 3.00 bits per heavy atom. The van der Waals surface area contributed by atoms with Crippen LogP contribution in [-0.4, -0.2) is 23.5 Å². The topological polar surface area (TPSA) is 85.2 Å². The normalized spacial score (nSPS) is 20.1. The molecule has 5 nitrogen and oxygen atoms in total. The first-order chi connectivity index (χ1) is 7.59. The summed E-state index contributed by atoms with van der Waals surface area (Å²) < 4.78 is 0. The molecule has 0 radical (unpaired) electrons. The Hall–Kier alpha value is -1.78. The van der Waals surface area contributed by atoms with Crippen molar-refractivity contribution in [2.45, 2.75) is 25.8 Å². The average molecular weight is 220 g/mol. The number of hydrogen-bond acceptors (Lipinski definition) is 4. The van der Waals surface area contributed by atoms with Crippen LogP contribution in [-0.2, 0) is 4.79 Å². The van der Waals surface area contributed by atoms with Crippen LogP contribution in [0, 0.1) is 6.92 Å². The van der Waals surface area contributed by atoms with E-state index in [2.05, 4.69) is 4.98 Å². The molecular formula is C11H16N4O. The lowest BCUT2D eigenvalue weighted by molar-refractivity contribution is -0.119. The van der Waals surface area contributed by atoms with E-state index < -0.39 is 0 Å². The number of carbonyl (C=O) groups is 1. The van der Waals surface area contributed by atoms with E-state index in [0.29, 0.717) is 5.69 Å². The third-order valence-corrected chi connectivity index (χ3v) is 3.01. The fraction of sp³-hybridized carbons (Fsp3) is 0.455. The molecule has 86 valence electrons. The van der Waals surface area contributed by atoms with E-state index in [-0.39, 0.29) is 11.9 Å². The molecule has 1 amide bonds. The van der Waals surface area contributed by atoms with Crippen LogP contribution in [0.5, 0.6) is 0 Å². The fourth-order valence-electron chi connectivity index (χ4n) is 2.02. The van der Waals surface area contributed by atoms with Crippen LogP contribution in [0.15, 0.2) is 12.3 Å². The number of carbonyl (C=O) groups excluding carboxylic acids is 1. The summed E-state index contributed by atoms with van der Waals surface area (Å²) in [6.07, 6.45) is 3.48. The molecule has 1 aromatic heterocycles. The van der Waals surface area contributed by atoms with Crippen molar-refractivity contribution in [3.8, 4) is 0 Å². The van der Waals surface area contributed by atoms with Crippen LogP contribution >= 0.6 is 0 Å². The first-order valence-electron chi connectivity index (χ1n) is 5.37. The molecule has 0 bridgehead atoms. The smallest absolute Gasteiger partial charge is 0.240 e. The van der Waals surface area contributed by atoms with Gasteiger partial charge in [-0.2, -0.15) is 0 Å². The summed E-state index contributed by atoms with van der Waals surface area (Å²) in [6, 6.07) is 1.56. The van der Waals surface area contributed by atoms with Gasteiger partial charge < -0.3 is 16.4 Å². The van der Waals surface area contributed by atoms with E-state index in [1.807, 2.05) is 11.8 Å². The van der Waals surface area contributed by atoms with Crippen molar-refractivity contribution in [1.29, 1.82) is 0 Å². The number of amides is 1. The quantitative estimate of drug-likeness (QED) is 0.756. The van der Waals surface area contributed by atoms with Crippen molar-refractivity contribution in [1.82, 2.24) is 4.98 Å². The Balaban J connectivity index is 2.29. The number of aromatic nitrogens is 1. The molecule has 0 saturated carbocycles. The number of anilines is 2. The Morgan fingerprint density at radius 1 is 1.62 bits per heavy atom. The van der Waals surface area contributed by atoms with Crippen LogP contribution in [0.2, 0.25) is 0 Å². The van der Waals surface area contributed by atoms with Gasteiger partial charge in [-0.3, -0.25) is 4.79 Å². The predicted molar refractivity (Wildman–Crippen MR) is 62.9 cm³/mol. The molecule has 5 heteroatoms. The minimum absolute atomic E-state index is 0.241. The van der Waals surface area contributed by atoms with E-state index in [0.717, 1.165) is 30.8 Å². The molecule has 0 aliphatic carbocycles. The molecule has 1 atom stereocenters. The molecule has 2 rings (SSSR count). The van der Waals surface area contributed by atoms with Crippen molar-refractivity contribution in [3.63, 3.8) is 0 Å². The summed E-state index contributed by atoms with van der Waals surface area (Å²) in [5, 5.41) is 0. The lowest BCUT2D eigenvalue weighted by Gasteiger charge is -2.23. The van der Waals surface area contributed by atoms with E-state index in [1.54, 1.807) is 12.3 Å². The maximum Gasteiger partial charge on any atom is 0.240 e. The molecule has 2 heterocycles. The molecule has 1 aliphatic heterocycles. The SMILES string of the molecule is Cc1cnc(N2CCCC2C(N)=O)cc1N. The van der Waals surface area contributed by atoms with Crippen LogP contribution < -0.4 is 16.4 Å². The first-order valence-corrected chi connectivity index (χ1v) is 5.37. The molecule has 1 aliphatic rings. The summed E-state index contributed by atoms with van der Waals surface area (Å²) in [6.45, 7) is 2.71. The van der Waals surface area contributed by atoms with Gasteiger partial charge in [0.05, 0.1) is 0 Å². The largest absolute Gasteiger partial charge is 0.398 e. The number of nitrogens with two attached hydrogens (primary N) is 2. The number of pyridine rings is 1. The van der Waals surface area contributed by atoms with Crippen LogP contribution in [0.3, 0.4) is 0 Å². The molecule has 1 unspecified atom stereocenters. The number of nitrogen functional groups attached to an aromatic ring is 1. The highest BCUT2D eigenvalue weighted by atomic mass is 16.1. The van der Waals surface area contributed by atoms with Gasteiger partial charge in [-0.15, -0.1) is 0 Å². The maximum absolute atomic E-state index is 11.3. The third kappa shape index (κ3) is 1.80. The Kier molecular flexibility index (Phi) is 2.68.